The summed E-state index contributed by atoms with van der Waals surface area (Å²) in [4.78, 5) is 14.6. The van der Waals surface area contributed by atoms with Gasteiger partial charge in [-0.05, 0) is 24.3 Å². The van der Waals surface area contributed by atoms with Gasteiger partial charge in [0.15, 0.2) is 11.5 Å². The van der Waals surface area contributed by atoms with Crippen molar-refractivity contribution in [1.82, 2.24) is 15.0 Å². The van der Waals surface area contributed by atoms with E-state index in [0.717, 1.165) is 11.4 Å². The second-order valence-corrected chi connectivity index (χ2v) is 5.72. The highest BCUT2D eigenvalue weighted by atomic mass is 35.5. The van der Waals surface area contributed by atoms with Crippen LogP contribution in [0.25, 0.3) is 0 Å². The first-order valence-electron chi connectivity index (χ1n) is 7.78. The molecule has 8 heteroatoms. The van der Waals surface area contributed by atoms with Crippen LogP contribution in [-0.2, 0) is 0 Å². The summed E-state index contributed by atoms with van der Waals surface area (Å²) in [6, 6.07) is 12.9. The van der Waals surface area contributed by atoms with Gasteiger partial charge in [-0.25, -0.2) is 9.97 Å². The van der Waals surface area contributed by atoms with Gasteiger partial charge >= 0.3 is 0 Å². The van der Waals surface area contributed by atoms with Gasteiger partial charge < -0.3 is 19.7 Å². The molecule has 26 heavy (non-hydrogen) atoms. The van der Waals surface area contributed by atoms with Gasteiger partial charge in [0.2, 0.25) is 11.9 Å². The van der Waals surface area contributed by atoms with Crippen LogP contribution in [0.4, 0.5) is 23.3 Å². The van der Waals surface area contributed by atoms with Crippen molar-refractivity contribution in [1.29, 1.82) is 0 Å². The zero-order valence-corrected chi connectivity index (χ0v) is 15.4. The van der Waals surface area contributed by atoms with E-state index in [1.165, 1.54) is 6.33 Å². The topological polar surface area (TPSA) is 72.4 Å². The van der Waals surface area contributed by atoms with Gasteiger partial charge in [-0.15, -0.1) is 0 Å². The summed E-state index contributed by atoms with van der Waals surface area (Å²) in [7, 11) is 5.02. The van der Waals surface area contributed by atoms with Crippen LogP contribution < -0.4 is 19.7 Å². The number of para-hydroxylation sites is 1. The van der Waals surface area contributed by atoms with Crippen molar-refractivity contribution in [2.75, 3.05) is 31.5 Å². The lowest BCUT2D eigenvalue weighted by atomic mass is 10.3. The highest BCUT2D eigenvalue weighted by Crippen LogP contribution is 2.31. The predicted molar refractivity (Wildman–Crippen MR) is 102 cm³/mol. The van der Waals surface area contributed by atoms with E-state index in [9.17, 15) is 0 Å². The van der Waals surface area contributed by atoms with Gasteiger partial charge in [-0.3, -0.25) is 0 Å². The number of halogens is 1. The van der Waals surface area contributed by atoms with Crippen LogP contribution in [0.1, 0.15) is 0 Å². The van der Waals surface area contributed by atoms with E-state index in [2.05, 4.69) is 20.3 Å². The van der Waals surface area contributed by atoms with Crippen molar-refractivity contribution in [2.24, 2.45) is 0 Å². The fraction of sp³-hybridized carbons (Fsp3) is 0.167. The first-order chi connectivity index (χ1) is 12.6. The summed E-state index contributed by atoms with van der Waals surface area (Å²) >= 11 is 6.25. The van der Waals surface area contributed by atoms with Gasteiger partial charge in [0.05, 0.1) is 24.9 Å². The van der Waals surface area contributed by atoms with E-state index in [1.807, 2.05) is 37.4 Å². The van der Waals surface area contributed by atoms with Crippen LogP contribution in [0, 0.1) is 0 Å². The first-order valence-corrected chi connectivity index (χ1v) is 8.16. The molecule has 0 aliphatic heterocycles. The third-order valence-electron chi connectivity index (χ3n) is 3.71. The molecule has 1 heterocycles. The average molecular weight is 372 g/mol. The largest absolute Gasteiger partial charge is 0.493 e. The molecule has 7 nitrogen and oxygen atoms in total. The molecule has 0 unspecified atom stereocenters. The molecule has 0 radical (unpaired) electrons. The van der Waals surface area contributed by atoms with Gasteiger partial charge in [0.25, 0.3) is 0 Å². The van der Waals surface area contributed by atoms with Crippen LogP contribution in [0.15, 0.2) is 48.8 Å². The molecular weight excluding hydrogens is 354 g/mol. The Morgan fingerprint density at radius 2 is 1.77 bits per heavy atom. The molecule has 0 saturated heterocycles. The second-order valence-electron chi connectivity index (χ2n) is 5.31. The molecule has 0 aliphatic carbocycles. The van der Waals surface area contributed by atoms with Crippen molar-refractivity contribution in [3.05, 3.63) is 53.8 Å². The molecular formula is C18H18ClN5O2. The maximum absolute atomic E-state index is 6.25. The highest BCUT2D eigenvalue weighted by molar-refractivity contribution is 6.33. The van der Waals surface area contributed by atoms with Crippen molar-refractivity contribution in [2.45, 2.75) is 0 Å². The van der Waals surface area contributed by atoms with E-state index in [-0.39, 0.29) is 0 Å². The summed E-state index contributed by atoms with van der Waals surface area (Å²) in [6.45, 7) is 0. The number of benzene rings is 2. The molecule has 0 saturated carbocycles. The maximum Gasteiger partial charge on any atom is 0.234 e. The molecule has 0 amide bonds. The number of aromatic nitrogens is 3. The molecule has 134 valence electrons. The Kier molecular flexibility index (Phi) is 5.38. The zero-order chi connectivity index (χ0) is 18.5. The van der Waals surface area contributed by atoms with Crippen LogP contribution in [0.3, 0.4) is 0 Å². The van der Waals surface area contributed by atoms with Crippen molar-refractivity contribution in [3.8, 4) is 11.5 Å². The number of nitrogens with zero attached hydrogens (tertiary/aromatic N) is 4. The standard InChI is InChI=1S/C18H18ClN5O2/c1-24(14-7-5-4-6-13(14)19)18-21-11-20-17(23-18)22-12-8-9-15(25-2)16(10-12)26-3/h4-11H,1-3H3,(H,20,21,22,23). The number of rotatable bonds is 6. The number of nitrogens with one attached hydrogen (secondary N) is 1. The van der Waals surface area contributed by atoms with Crippen LogP contribution in [-0.4, -0.2) is 36.2 Å². The van der Waals surface area contributed by atoms with E-state index in [0.29, 0.717) is 28.4 Å². The lowest BCUT2D eigenvalue weighted by Gasteiger charge is -2.18. The fourth-order valence-electron chi connectivity index (χ4n) is 2.38. The Balaban J connectivity index is 1.85. The number of hydrogen-bond acceptors (Lipinski definition) is 7. The average Bonchev–Trinajstić information content (AvgIpc) is 2.68. The minimum absolute atomic E-state index is 0.404. The third kappa shape index (κ3) is 3.78. The maximum atomic E-state index is 6.25. The minimum Gasteiger partial charge on any atom is -0.493 e. The monoisotopic (exact) mass is 371 g/mol. The number of hydrogen-bond donors (Lipinski definition) is 1. The summed E-state index contributed by atoms with van der Waals surface area (Å²) in [6.07, 6.45) is 1.44. The van der Waals surface area contributed by atoms with E-state index in [4.69, 9.17) is 21.1 Å². The normalized spacial score (nSPS) is 10.3. The molecule has 1 aromatic heterocycles. The van der Waals surface area contributed by atoms with Crippen molar-refractivity contribution < 1.29 is 9.47 Å². The molecule has 0 aliphatic rings. The van der Waals surface area contributed by atoms with Gasteiger partial charge in [0, 0.05) is 18.8 Å². The molecule has 2 aromatic carbocycles. The Morgan fingerprint density at radius 1 is 1.00 bits per heavy atom. The molecule has 0 atom stereocenters. The van der Waals surface area contributed by atoms with E-state index >= 15 is 0 Å². The smallest absolute Gasteiger partial charge is 0.234 e. The Hall–Kier alpha value is -3.06. The van der Waals surface area contributed by atoms with Gasteiger partial charge in [0.1, 0.15) is 6.33 Å². The molecule has 0 spiro atoms. The lowest BCUT2D eigenvalue weighted by Crippen LogP contribution is -2.14. The SMILES string of the molecule is COc1ccc(Nc2ncnc(N(C)c3ccccc3Cl)n2)cc1OC. The highest BCUT2D eigenvalue weighted by Gasteiger charge is 2.12. The number of ether oxygens (including phenoxy) is 2. The first kappa shape index (κ1) is 17.8. The molecule has 0 fully saturated rings. The quantitative estimate of drug-likeness (QED) is 0.700. The number of methoxy groups -OCH3 is 2. The molecule has 3 rings (SSSR count). The van der Waals surface area contributed by atoms with Crippen LogP contribution >= 0.6 is 11.6 Å². The second kappa shape index (κ2) is 7.88. The Morgan fingerprint density at radius 3 is 2.50 bits per heavy atom. The molecule has 3 aromatic rings. The molecule has 0 bridgehead atoms. The zero-order valence-electron chi connectivity index (χ0n) is 14.6. The Bertz CT molecular complexity index is 906. The third-order valence-corrected chi connectivity index (χ3v) is 4.03. The van der Waals surface area contributed by atoms with Crippen molar-refractivity contribution in [3.63, 3.8) is 0 Å². The van der Waals surface area contributed by atoms with Crippen LogP contribution in [0.2, 0.25) is 5.02 Å². The molecule has 1 N–H and O–H groups in total. The summed E-state index contributed by atoms with van der Waals surface area (Å²) in [5.74, 6) is 2.13. The predicted octanol–water partition coefficient (Wildman–Crippen LogP) is 4.05. The van der Waals surface area contributed by atoms with Gasteiger partial charge in [-0.1, -0.05) is 23.7 Å². The Labute approximate surface area is 156 Å². The lowest BCUT2D eigenvalue weighted by molar-refractivity contribution is 0.355. The summed E-state index contributed by atoms with van der Waals surface area (Å²) in [5, 5.41) is 3.75. The fourth-order valence-corrected chi connectivity index (χ4v) is 2.65. The van der Waals surface area contributed by atoms with Crippen molar-refractivity contribution >= 4 is 34.9 Å². The van der Waals surface area contributed by atoms with E-state index in [1.54, 1.807) is 31.3 Å². The van der Waals surface area contributed by atoms with Crippen LogP contribution in [0.5, 0.6) is 11.5 Å². The summed E-state index contributed by atoms with van der Waals surface area (Å²) in [5.41, 5.74) is 1.57. The number of anilines is 4. The van der Waals surface area contributed by atoms with E-state index < -0.39 is 0 Å². The summed E-state index contributed by atoms with van der Waals surface area (Å²) < 4.78 is 10.5. The minimum atomic E-state index is 0.404. The van der Waals surface area contributed by atoms with Gasteiger partial charge in [-0.2, -0.15) is 4.98 Å².